The maximum Gasteiger partial charge on any atom is 0.313 e. The Hall–Kier alpha value is -3.29. The Bertz CT molecular complexity index is 855. The molecule has 1 aliphatic heterocycles. The molecule has 8 heteroatoms. The van der Waals surface area contributed by atoms with E-state index >= 15 is 0 Å². The van der Waals surface area contributed by atoms with Gasteiger partial charge in [0.2, 0.25) is 5.91 Å². The molecule has 0 aliphatic carbocycles. The Kier molecular flexibility index (Phi) is 5.44. The molecule has 3 N–H and O–H groups in total. The van der Waals surface area contributed by atoms with Gasteiger partial charge in [0.15, 0.2) is 0 Å². The lowest BCUT2D eigenvalue weighted by molar-refractivity contribution is -0.146. The van der Waals surface area contributed by atoms with E-state index < -0.39 is 17.7 Å². The normalized spacial score (nSPS) is 19.4. The second kappa shape index (κ2) is 7.94. The third kappa shape index (κ3) is 4.28. The maximum absolute atomic E-state index is 12.8. The van der Waals surface area contributed by atoms with E-state index in [9.17, 15) is 14.4 Å². The number of nitrogens with one attached hydrogen (secondary N) is 1. The van der Waals surface area contributed by atoms with Crippen LogP contribution in [0.3, 0.4) is 0 Å². The smallest absolute Gasteiger partial charge is 0.313 e. The number of carbonyl (C=O) groups excluding carboxylic acids is 3. The van der Waals surface area contributed by atoms with Crippen molar-refractivity contribution in [1.29, 1.82) is 0 Å². The number of likely N-dealkylation sites (tertiary alicyclic amines) is 1. The molecule has 1 fully saturated rings. The number of carbonyl (C=O) groups is 3. The van der Waals surface area contributed by atoms with Crippen LogP contribution in [0, 0.1) is 5.92 Å². The molecule has 2 atom stereocenters. The SMILES string of the molecule is C[C@@H]1CC[C@H](c2ccccn2)N(C(=O)C(=O)Nc2cncc(C(N)=O)c2)C1. The molecule has 0 unspecified atom stereocenters. The van der Waals surface area contributed by atoms with Gasteiger partial charge in [0, 0.05) is 18.9 Å². The van der Waals surface area contributed by atoms with E-state index in [4.69, 9.17) is 5.73 Å². The predicted octanol–water partition coefficient (Wildman–Crippen LogP) is 1.51. The van der Waals surface area contributed by atoms with Gasteiger partial charge >= 0.3 is 11.8 Å². The fraction of sp³-hybridized carbons (Fsp3) is 0.316. The summed E-state index contributed by atoms with van der Waals surface area (Å²) in [5.74, 6) is -1.79. The fourth-order valence-corrected chi connectivity index (χ4v) is 3.22. The number of hydrogen-bond donors (Lipinski definition) is 2. The second-order valence-corrected chi connectivity index (χ2v) is 6.69. The molecule has 3 heterocycles. The van der Waals surface area contributed by atoms with E-state index in [-0.39, 0.29) is 17.3 Å². The highest BCUT2D eigenvalue weighted by Crippen LogP contribution is 2.32. The average Bonchev–Trinajstić information content (AvgIpc) is 2.68. The lowest BCUT2D eigenvalue weighted by Crippen LogP contribution is -2.46. The molecule has 0 bridgehead atoms. The van der Waals surface area contributed by atoms with Crippen molar-refractivity contribution >= 4 is 23.4 Å². The lowest BCUT2D eigenvalue weighted by Gasteiger charge is -2.37. The minimum atomic E-state index is -0.784. The molecule has 0 radical (unpaired) electrons. The van der Waals surface area contributed by atoms with Gasteiger partial charge < -0.3 is 16.0 Å². The van der Waals surface area contributed by atoms with Crippen LogP contribution in [0.4, 0.5) is 5.69 Å². The first kappa shape index (κ1) is 18.5. The number of primary amides is 1. The molecule has 0 saturated carbocycles. The Labute approximate surface area is 156 Å². The van der Waals surface area contributed by atoms with E-state index in [0.29, 0.717) is 12.5 Å². The fourth-order valence-electron chi connectivity index (χ4n) is 3.22. The maximum atomic E-state index is 12.8. The van der Waals surface area contributed by atoms with Crippen LogP contribution in [0.25, 0.3) is 0 Å². The van der Waals surface area contributed by atoms with Crippen molar-refractivity contribution in [2.75, 3.05) is 11.9 Å². The van der Waals surface area contributed by atoms with Crippen molar-refractivity contribution in [3.8, 4) is 0 Å². The Morgan fingerprint density at radius 2 is 2.04 bits per heavy atom. The number of nitrogens with zero attached hydrogens (tertiary/aromatic N) is 3. The zero-order chi connectivity index (χ0) is 19.4. The molecule has 2 aromatic rings. The summed E-state index contributed by atoms with van der Waals surface area (Å²) in [4.78, 5) is 46.3. The monoisotopic (exact) mass is 367 g/mol. The summed E-state index contributed by atoms with van der Waals surface area (Å²) in [7, 11) is 0. The molecule has 3 rings (SSSR count). The highest BCUT2D eigenvalue weighted by Gasteiger charge is 2.34. The highest BCUT2D eigenvalue weighted by molar-refractivity contribution is 6.39. The minimum absolute atomic E-state index is 0.151. The molecule has 1 aliphatic rings. The van der Waals surface area contributed by atoms with Crippen molar-refractivity contribution in [2.45, 2.75) is 25.8 Å². The molecule has 27 heavy (non-hydrogen) atoms. The molecular formula is C19H21N5O3. The largest absolute Gasteiger partial charge is 0.366 e. The van der Waals surface area contributed by atoms with Gasteiger partial charge in [-0.15, -0.1) is 0 Å². The van der Waals surface area contributed by atoms with Crippen LogP contribution >= 0.6 is 0 Å². The van der Waals surface area contributed by atoms with Gasteiger partial charge in [-0.2, -0.15) is 0 Å². The van der Waals surface area contributed by atoms with Crippen LogP contribution in [0.2, 0.25) is 0 Å². The minimum Gasteiger partial charge on any atom is -0.366 e. The van der Waals surface area contributed by atoms with Crippen molar-refractivity contribution in [3.63, 3.8) is 0 Å². The summed E-state index contributed by atoms with van der Waals surface area (Å²) in [5.41, 5.74) is 6.37. The van der Waals surface area contributed by atoms with E-state index in [1.54, 1.807) is 11.1 Å². The summed E-state index contributed by atoms with van der Waals surface area (Å²) in [6.45, 7) is 2.53. The molecule has 0 aromatic carbocycles. The van der Waals surface area contributed by atoms with Crippen LogP contribution < -0.4 is 11.1 Å². The van der Waals surface area contributed by atoms with Gasteiger partial charge in [0.05, 0.1) is 29.2 Å². The van der Waals surface area contributed by atoms with Crippen LogP contribution in [-0.2, 0) is 9.59 Å². The number of pyridine rings is 2. The highest BCUT2D eigenvalue weighted by atomic mass is 16.2. The second-order valence-electron chi connectivity index (χ2n) is 6.69. The Morgan fingerprint density at radius 1 is 1.22 bits per heavy atom. The lowest BCUT2D eigenvalue weighted by atomic mass is 9.92. The third-order valence-electron chi connectivity index (χ3n) is 4.58. The first-order valence-electron chi connectivity index (χ1n) is 8.73. The van der Waals surface area contributed by atoms with E-state index in [1.165, 1.54) is 18.5 Å². The average molecular weight is 367 g/mol. The number of anilines is 1. The molecular weight excluding hydrogens is 346 g/mol. The zero-order valence-corrected chi connectivity index (χ0v) is 15.0. The number of amides is 3. The standard InChI is InChI=1S/C19H21N5O3/c1-12-5-6-16(15-4-2-3-7-22-15)24(11-12)19(27)18(26)23-14-8-13(17(20)25)9-21-10-14/h2-4,7-10,12,16H,5-6,11H2,1H3,(H2,20,25)(H,23,26)/t12-,16-/m1/s1. The Balaban J connectivity index is 1.78. The molecule has 3 amide bonds. The summed E-state index contributed by atoms with van der Waals surface area (Å²) in [6, 6.07) is 6.68. The van der Waals surface area contributed by atoms with Crippen molar-refractivity contribution < 1.29 is 14.4 Å². The first-order valence-corrected chi connectivity index (χ1v) is 8.73. The van der Waals surface area contributed by atoms with Crippen LogP contribution in [0.5, 0.6) is 0 Å². The van der Waals surface area contributed by atoms with Gasteiger partial charge in [-0.1, -0.05) is 13.0 Å². The molecule has 2 aromatic heterocycles. The van der Waals surface area contributed by atoms with E-state index in [0.717, 1.165) is 18.5 Å². The molecule has 140 valence electrons. The summed E-state index contributed by atoms with van der Waals surface area (Å²) in [6.07, 6.45) is 6.03. The molecule has 8 nitrogen and oxygen atoms in total. The van der Waals surface area contributed by atoms with Gasteiger partial charge in [-0.05, 0) is 37.0 Å². The number of piperidine rings is 1. The summed E-state index contributed by atoms with van der Waals surface area (Å²) in [5, 5.41) is 2.50. The van der Waals surface area contributed by atoms with Gasteiger partial charge in [0.1, 0.15) is 0 Å². The zero-order valence-electron chi connectivity index (χ0n) is 15.0. The van der Waals surface area contributed by atoms with E-state index in [1.807, 2.05) is 25.1 Å². The van der Waals surface area contributed by atoms with E-state index in [2.05, 4.69) is 15.3 Å². The summed E-state index contributed by atoms with van der Waals surface area (Å²) >= 11 is 0. The molecule has 0 spiro atoms. The predicted molar refractivity (Wildman–Crippen MR) is 98.5 cm³/mol. The first-order chi connectivity index (χ1) is 13.0. The van der Waals surface area contributed by atoms with Crippen LogP contribution in [0.1, 0.15) is 41.9 Å². The molecule has 1 saturated heterocycles. The van der Waals surface area contributed by atoms with Gasteiger partial charge in [-0.25, -0.2) is 0 Å². The topological polar surface area (TPSA) is 118 Å². The van der Waals surface area contributed by atoms with Crippen molar-refractivity contribution in [2.24, 2.45) is 11.7 Å². The van der Waals surface area contributed by atoms with Crippen molar-refractivity contribution in [1.82, 2.24) is 14.9 Å². The van der Waals surface area contributed by atoms with Gasteiger partial charge in [0.25, 0.3) is 0 Å². The number of rotatable bonds is 3. The quantitative estimate of drug-likeness (QED) is 0.797. The number of aromatic nitrogens is 2. The van der Waals surface area contributed by atoms with Crippen LogP contribution in [-0.4, -0.2) is 39.1 Å². The van der Waals surface area contributed by atoms with Crippen LogP contribution in [0.15, 0.2) is 42.9 Å². The number of hydrogen-bond acceptors (Lipinski definition) is 5. The number of nitrogens with two attached hydrogens (primary N) is 1. The van der Waals surface area contributed by atoms with Crippen molar-refractivity contribution in [3.05, 3.63) is 54.1 Å². The Morgan fingerprint density at radius 3 is 2.74 bits per heavy atom. The third-order valence-corrected chi connectivity index (χ3v) is 4.58. The summed E-state index contributed by atoms with van der Waals surface area (Å²) < 4.78 is 0. The van der Waals surface area contributed by atoms with Gasteiger partial charge in [-0.3, -0.25) is 24.4 Å².